The van der Waals surface area contributed by atoms with E-state index in [0.29, 0.717) is 26.4 Å². The summed E-state index contributed by atoms with van der Waals surface area (Å²) in [6, 6.07) is -0.338. The third-order valence-corrected chi connectivity index (χ3v) is 1.53. The van der Waals surface area contributed by atoms with Crippen molar-refractivity contribution in [1.82, 2.24) is 10.6 Å². The molecule has 2 amide bonds. The van der Waals surface area contributed by atoms with E-state index in [9.17, 15) is 4.79 Å². The van der Waals surface area contributed by atoms with Crippen LogP contribution in [0.25, 0.3) is 0 Å². The first-order chi connectivity index (χ1) is 7.81. The quantitative estimate of drug-likeness (QED) is 0.396. The zero-order valence-corrected chi connectivity index (χ0v) is 9.78. The normalized spacial score (nSPS) is 10.1. The molecule has 0 aliphatic carbocycles. The molecule has 0 aliphatic heterocycles. The Labute approximate surface area is 95.4 Å². The highest BCUT2D eigenvalue weighted by Crippen LogP contribution is 1.75. The Kier molecular flexibility index (Phi) is 11.5. The predicted octanol–water partition coefficient (Wildman–Crippen LogP) is -0.473. The molecule has 7 nitrogen and oxygen atoms in total. The number of ether oxygens (including phenoxy) is 4. The Morgan fingerprint density at radius 2 is 1.31 bits per heavy atom. The Bertz CT molecular complexity index is 152. The molecule has 0 rings (SSSR count). The maximum Gasteiger partial charge on any atom is 0.318 e. The predicted molar refractivity (Wildman–Crippen MR) is 57.1 cm³/mol. The number of methoxy groups -OCH3 is 2. The largest absolute Gasteiger partial charge is 0.382 e. The summed E-state index contributed by atoms with van der Waals surface area (Å²) >= 11 is 0. The summed E-state index contributed by atoms with van der Waals surface area (Å²) < 4.78 is 19.6. The second-order valence-corrected chi connectivity index (χ2v) is 2.77. The monoisotopic (exact) mass is 236 g/mol. The van der Waals surface area contributed by atoms with Crippen LogP contribution in [0, 0.1) is 0 Å². The standard InChI is InChI=1S/C9H20N2O5/c1-13-3-5-15-7-10-9(12)11-8-16-6-4-14-2/h3-8H2,1-2H3,(H2,10,11,12). The lowest BCUT2D eigenvalue weighted by atomic mass is 10.8. The SMILES string of the molecule is COCCOCNC(=O)NCOCCOC. The van der Waals surface area contributed by atoms with Gasteiger partial charge in [-0.2, -0.15) is 0 Å². The number of amides is 2. The topological polar surface area (TPSA) is 78.1 Å². The molecule has 0 unspecified atom stereocenters. The van der Waals surface area contributed by atoms with Crippen LogP contribution in [0.4, 0.5) is 4.79 Å². The minimum atomic E-state index is -0.338. The van der Waals surface area contributed by atoms with E-state index < -0.39 is 0 Å². The van der Waals surface area contributed by atoms with Crippen LogP contribution in [0.3, 0.4) is 0 Å². The lowest BCUT2D eigenvalue weighted by Crippen LogP contribution is -2.38. The molecule has 7 heteroatoms. The van der Waals surface area contributed by atoms with E-state index in [-0.39, 0.29) is 19.5 Å². The molecule has 0 fully saturated rings. The molecule has 0 bridgehead atoms. The molecule has 0 saturated carbocycles. The molecule has 0 aromatic carbocycles. The van der Waals surface area contributed by atoms with Gasteiger partial charge >= 0.3 is 6.03 Å². The fraction of sp³-hybridized carbons (Fsp3) is 0.889. The van der Waals surface area contributed by atoms with Gasteiger partial charge in [-0.1, -0.05) is 0 Å². The van der Waals surface area contributed by atoms with Gasteiger partial charge in [0, 0.05) is 14.2 Å². The minimum Gasteiger partial charge on any atom is -0.382 e. The van der Waals surface area contributed by atoms with Gasteiger partial charge in [0.1, 0.15) is 13.5 Å². The fourth-order valence-corrected chi connectivity index (χ4v) is 0.725. The smallest absolute Gasteiger partial charge is 0.318 e. The zero-order valence-electron chi connectivity index (χ0n) is 9.78. The highest BCUT2D eigenvalue weighted by molar-refractivity contribution is 5.73. The van der Waals surface area contributed by atoms with Crippen molar-refractivity contribution in [3.63, 3.8) is 0 Å². The van der Waals surface area contributed by atoms with Crippen molar-refractivity contribution in [3.8, 4) is 0 Å². The van der Waals surface area contributed by atoms with Crippen molar-refractivity contribution in [2.24, 2.45) is 0 Å². The Morgan fingerprint density at radius 3 is 1.69 bits per heavy atom. The molecule has 0 aromatic heterocycles. The van der Waals surface area contributed by atoms with E-state index in [4.69, 9.17) is 18.9 Å². The number of urea groups is 1. The van der Waals surface area contributed by atoms with E-state index in [1.807, 2.05) is 0 Å². The third kappa shape index (κ3) is 11.2. The number of carbonyl (C=O) groups excluding carboxylic acids is 1. The molecule has 0 spiro atoms. The molecule has 0 atom stereocenters. The van der Waals surface area contributed by atoms with Crippen LogP contribution >= 0.6 is 0 Å². The van der Waals surface area contributed by atoms with Crippen LogP contribution in [0.15, 0.2) is 0 Å². The van der Waals surface area contributed by atoms with Crippen LogP contribution < -0.4 is 10.6 Å². The van der Waals surface area contributed by atoms with Gasteiger partial charge in [-0.25, -0.2) is 4.79 Å². The van der Waals surface area contributed by atoms with Gasteiger partial charge in [0.2, 0.25) is 0 Å². The van der Waals surface area contributed by atoms with Gasteiger partial charge in [0.05, 0.1) is 26.4 Å². The summed E-state index contributed by atoms with van der Waals surface area (Å²) in [6.07, 6.45) is 0. The van der Waals surface area contributed by atoms with Gasteiger partial charge in [-0.3, -0.25) is 0 Å². The Morgan fingerprint density at radius 1 is 0.875 bits per heavy atom. The minimum absolute atomic E-state index is 0.146. The first kappa shape index (κ1) is 15.1. The van der Waals surface area contributed by atoms with Crippen molar-refractivity contribution in [2.45, 2.75) is 0 Å². The highest BCUT2D eigenvalue weighted by atomic mass is 16.5. The van der Waals surface area contributed by atoms with Crippen molar-refractivity contribution < 1.29 is 23.7 Å². The second kappa shape index (κ2) is 12.2. The molecule has 0 aliphatic rings. The Hall–Kier alpha value is -0.890. The van der Waals surface area contributed by atoms with Crippen molar-refractivity contribution in [1.29, 1.82) is 0 Å². The van der Waals surface area contributed by atoms with Crippen LogP contribution in [0.1, 0.15) is 0 Å². The van der Waals surface area contributed by atoms with Crippen LogP contribution in [0.2, 0.25) is 0 Å². The molecule has 2 N–H and O–H groups in total. The van der Waals surface area contributed by atoms with Gasteiger partial charge in [0.25, 0.3) is 0 Å². The van der Waals surface area contributed by atoms with Crippen LogP contribution in [-0.2, 0) is 18.9 Å². The number of nitrogens with one attached hydrogen (secondary N) is 2. The lowest BCUT2D eigenvalue weighted by molar-refractivity contribution is 0.0564. The number of carbonyl (C=O) groups is 1. The molecule has 96 valence electrons. The van der Waals surface area contributed by atoms with Crippen molar-refractivity contribution in [3.05, 3.63) is 0 Å². The number of hydrogen-bond acceptors (Lipinski definition) is 5. The maximum atomic E-state index is 11.1. The summed E-state index contributed by atoms with van der Waals surface area (Å²) in [6.45, 7) is 2.19. The molecule has 0 saturated heterocycles. The molecule has 0 aromatic rings. The van der Waals surface area contributed by atoms with Gasteiger partial charge in [0.15, 0.2) is 0 Å². The van der Waals surface area contributed by atoms with E-state index in [2.05, 4.69) is 10.6 Å². The summed E-state index contributed by atoms with van der Waals surface area (Å²) in [7, 11) is 3.17. The molecular formula is C9H20N2O5. The molecule has 16 heavy (non-hydrogen) atoms. The Balaban J connectivity index is 3.12. The van der Waals surface area contributed by atoms with Gasteiger partial charge < -0.3 is 29.6 Å². The molecular weight excluding hydrogens is 216 g/mol. The lowest BCUT2D eigenvalue weighted by Gasteiger charge is -2.08. The zero-order chi connectivity index (χ0) is 12.1. The number of rotatable bonds is 10. The summed E-state index contributed by atoms with van der Waals surface area (Å²) in [5.41, 5.74) is 0. The first-order valence-electron chi connectivity index (χ1n) is 4.96. The second-order valence-electron chi connectivity index (χ2n) is 2.77. The average molecular weight is 236 g/mol. The summed E-state index contributed by atoms with van der Waals surface area (Å²) in [5.74, 6) is 0. The van der Waals surface area contributed by atoms with E-state index in [0.717, 1.165) is 0 Å². The number of hydrogen-bond donors (Lipinski definition) is 2. The van der Waals surface area contributed by atoms with E-state index >= 15 is 0 Å². The van der Waals surface area contributed by atoms with Crippen molar-refractivity contribution >= 4 is 6.03 Å². The van der Waals surface area contributed by atoms with Crippen molar-refractivity contribution in [2.75, 3.05) is 54.1 Å². The average Bonchev–Trinajstić information content (AvgIpc) is 2.28. The molecule has 0 heterocycles. The van der Waals surface area contributed by atoms with E-state index in [1.54, 1.807) is 14.2 Å². The van der Waals surface area contributed by atoms with Gasteiger partial charge in [-0.05, 0) is 0 Å². The first-order valence-corrected chi connectivity index (χ1v) is 4.96. The van der Waals surface area contributed by atoms with Crippen LogP contribution in [-0.4, -0.2) is 60.1 Å². The summed E-state index contributed by atoms with van der Waals surface area (Å²) in [5, 5.41) is 4.99. The van der Waals surface area contributed by atoms with E-state index in [1.165, 1.54) is 0 Å². The summed E-state index contributed by atoms with van der Waals surface area (Å²) in [4.78, 5) is 11.1. The molecule has 0 radical (unpaired) electrons. The maximum absolute atomic E-state index is 11.1. The fourth-order valence-electron chi connectivity index (χ4n) is 0.725. The third-order valence-electron chi connectivity index (χ3n) is 1.53. The van der Waals surface area contributed by atoms with Gasteiger partial charge in [-0.15, -0.1) is 0 Å². The van der Waals surface area contributed by atoms with Crippen LogP contribution in [0.5, 0.6) is 0 Å². The highest BCUT2D eigenvalue weighted by Gasteiger charge is 1.97.